The van der Waals surface area contributed by atoms with Gasteiger partial charge in [-0.25, -0.2) is 0 Å². The molecule has 5 nitrogen and oxygen atoms in total. The molecule has 0 saturated heterocycles. The third-order valence-corrected chi connectivity index (χ3v) is 4.45. The maximum absolute atomic E-state index is 11.5. The highest BCUT2D eigenvalue weighted by Gasteiger charge is 2.09. The van der Waals surface area contributed by atoms with Crippen LogP contribution in [0, 0.1) is 0 Å². The first-order valence-corrected chi connectivity index (χ1v) is 8.52. The molecule has 0 unspecified atom stereocenters. The molecular formula is C14H17N3O2S2. The van der Waals surface area contributed by atoms with Gasteiger partial charge >= 0.3 is 5.97 Å². The van der Waals surface area contributed by atoms with E-state index in [0.717, 1.165) is 22.9 Å². The molecule has 2 aromatic rings. The summed E-state index contributed by atoms with van der Waals surface area (Å²) in [6.07, 6.45) is 1.92. The van der Waals surface area contributed by atoms with Gasteiger partial charge < -0.3 is 10.1 Å². The Bertz CT molecular complexity index is 560. The Morgan fingerprint density at radius 1 is 1.33 bits per heavy atom. The van der Waals surface area contributed by atoms with Crippen molar-refractivity contribution in [2.45, 2.75) is 24.1 Å². The Morgan fingerprint density at radius 2 is 2.14 bits per heavy atom. The van der Waals surface area contributed by atoms with Crippen molar-refractivity contribution in [1.82, 2.24) is 10.2 Å². The number of aromatic nitrogens is 2. The number of esters is 1. The van der Waals surface area contributed by atoms with Gasteiger partial charge in [0.2, 0.25) is 5.13 Å². The molecule has 112 valence electrons. The number of nitrogens with zero attached hydrogens (tertiary/aromatic N) is 2. The minimum Gasteiger partial charge on any atom is -0.465 e. The van der Waals surface area contributed by atoms with E-state index in [0.29, 0.717) is 11.7 Å². The van der Waals surface area contributed by atoms with Gasteiger partial charge in [-0.2, -0.15) is 0 Å². The fourth-order valence-electron chi connectivity index (χ4n) is 1.46. The SMILES string of the molecule is CCCCOC(=O)CSc1nnc(Nc2ccccc2)s1. The molecule has 2 rings (SSSR count). The summed E-state index contributed by atoms with van der Waals surface area (Å²) in [5.41, 5.74) is 0.962. The molecule has 1 aromatic heterocycles. The number of hydrogen-bond donors (Lipinski definition) is 1. The Balaban J connectivity index is 1.77. The minimum absolute atomic E-state index is 0.207. The van der Waals surface area contributed by atoms with Crippen LogP contribution in [-0.4, -0.2) is 28.5 Å². The Labute approximate surface area is 132 Å². The summed E-state index contributed by atoms with van der Waals surface area (Å²) in [5, 5.41) is 12.0. The van der Waals surface area contributed by atoms with E-state index in [-0.39, 0.29) is 11.7 Å². The second-order valence-electron chi connectivity index (χ2n) is 4.23. The number of para-hydroxylation sites is 1. The van der Waals surface area contributed by atoms with Crippen molar-refractivity contribution in [2.24, 2.45) is 0 Å². The summed E-state index contributed by atoms with van der Waals surface area (Å²) >= 11 is 2.77. The van der Waals surface area contributed by atoms with E-state index in [2.05, 4.69) is 22.4 Å². The molecular weight excluding hydrogens is 306 g/mol. The lowest BCUT2D eigenvalue weighted by atomic mass is 10.3. The molecule has 0 spiro atoms. The Hall–Kier alpha value is -1.60. The van der Waals surface area contributed by atoms with Crippen LogP contribution < -0.4 is 5.32 Å². The lowest BCUT2D eigenvalue weighted by molar-refractivity contribution is -0.140. The molecule has 0 atom stereocenters. The molecule has 1 aromatic carbocycles. The number of hydrogen-bond acceptors (Lipinski definition) is 7. The molecule has 0 saturated carbocycles. The van der Waals surface area contributed by atoms with Crippen LogP contribution in [-0.2, 0) is 9.53 Å². The van der Waals surface area contributed by atoms with Crippen molar-refractivity contribution < 1.29 is 9.53 Å². The van der Waals surface area contributed by atoms with Crippen LogP contribution in [0.1, 0.15) is 19.8 Å². The fourth-order valence-corrected chi connectivity index (χ4v) is 3.03. The molecule has 21 heavy (non-hydrogen) atoms. The number of unbranched alkanes of at least 4 members (excludes halogenated alkanes) is 1. The van der Waals surface area contributed by atoms with Crippen molar-refractivity contribution in [2.75, 3.05) is 17.7 Å². The van der Waals surface area contributed by atoms with Crippen LogP contribution in [0.5, 0.6) is 0 Å². The summed E-state index contributed by atoms with van der Waals surface area (Å²) in [7, 11) is 0. The third kappa shape index (κ3) is 5.73. The second kappa shape index (κ2) is 8.63. The predicted molar refractivity (Wildman–Crippen MR) is 86.2 cm³/mol. The maximum atomic E-state index is 11.5. The van der Waals surface area contributed by atoms with Gasteiger partial charge in [0.05, 0.1) is 12.4 Å². The van der Waals surface area contributed by atoms with Crippen LogP contribution in [0.3, 0.4) is 0 Å². The normalized spacial score (nSPS) is 10.3. The first kappa shape index (κ1) is 15.8. The topological polar surface area (TPSA) is 64.1 Å². The smallest absolute Gasteiger partial charge is 0.316 e. The van der Waals surface area contributed by atoms with E-state index in [1.54, 1.807) is 0 Å². The van der Waals surface area contributed by atoms with Crippen molar-refractivity contribution in [1.29, 1.82) is 0 Å². The summed E-state index contributed by atoms with van der Waals surface area (Å²) < 4.78 is 5.84. The van der Waals surface area contributed by atoms with Crippen molar-refractivity contribution in [3.8, 4) is 0 Å². The molecule has 0 fully saturated rings. The maximum Gasteiger partial charge on any atom is 0.316 e. The first-order valence-electron chi connectivity index (χ1n) is 6.72. The largest absolute Gasteiger partial charge is 0.465 e. The summed E-state index contributed by atoms with van der Waals surface area (Å²) in [4.78, 5) is 11.5. The first-order chi connectivity index (χ1) is 10.3. The van der Waals surface area contributed by atoms with Crippen LogP contribution in [0.4, 0.5) is 10.8 Å². The molecule has 0 aliphatic carbocycles. The van der Waals surface area contributed by atoms with Crippen LogP contribution >= 0.6 is 23.1 Å². The number of ether oxygens (including phenoxy) is 1. The van der Waals surface area contributed by atoms with Gasteiger partial charge in [0.1, 0.15) is 0 Å². The number of carbonyl (C=O) groups is 1. The molecule has 1 heterocycles. The van der Waals surface area contributed by atoms with Crippen LogP contribution in [0.15, 0.2) is 34.7 Å². The van der Waals surface area contributed by atoms with E-state index in [9.17, 15) is 4.79 Å². The highest BCUT2D eigenvalue weighted by Crippen LogP contribution is 2.27. The molecule has 0 aliphatic heterocycles. The van der Waals surface area contributed by atoms with Gasteiger partial charge in [0.15, 0.2) is 4.34 Å². The van der Waals surface area contributed by atoms with Gasteiger partial charge in [-0.05, 0) is 18.6 Å². The van der Waals surface area contributed by atoms with Crippen molar-refractivity contribution in [3.63, 3.8) is 0 Å². The van der Waals surface area contributed by atoms with Gasteiger partial charge in [0, 0.05) is 5.69 Å². The average molecular weight is 323 g/mol. The van der Waals surface area contributed by atoms with E-state index in [4.69, 9.17) is 4.74 Å². The van der Waals surface area contributed by atoms with E-state index >= 15 is 0 Å². The number of thioether (sulfide) groups is 1. The summed E-state index contributed by atoms with van der Waals surface area (Å²) in [6, 6.07) is 9.77. The molecule has 1 N–H and O–H groups in total. The molecule has 0 bridgehead atoms. The fraction of sp³-hybridized carbons (Fsp3) is 0.357. The zero-order valence-corrected chi connectivity index (χ0v) is 13.4. The van der Waals surface area contributed by atoms with Crippen LogP contribution in [0.2, 0.25) is 0 Å². The van der Waals surface area contributed by atoms with Crippen molar-refractivity contribution >= 4 is 39.9 Å². The number of rotatable bonds is 8. The second-order valence-corrected chi connectivity index (χ2v) is 6.43. The molecule has 0 amide bonds. The van der Waals surface area contributed by atoms with E-state index in [1.165, 1.54) is 23.1 Å². The lowest BCUT2D eigenvalue weighted by Crippen LogP contribution is -2.08. The zero-order chi connectivity index (χ0) is 14.9. The third-order valence-electron chi connectivity index (χ3n) is 2.51. The Kier molecular flexibility index (Phi) is 6.49. The molecule has 0 radical (unpaired) electrons. The van der Waals surface area contributed by atoms with Crippen molar-refractivity contribution in [3.05, 3.63) is 30.3 Å². The number of anilines is 2. The Morgan fingerprint density at radius 3 is 2.90 bits per heavy atom. The molecule has 7 heteroatoms. The summed E-state index contributed by atoms with van der Waals surface area (Å²) in [5.74, 6) is 0.0603. The standard InChI is InChI=1S/C14H17N3O2S2/c1-2-3-9-19-12(18)10-20-14-17-16-13(21-14)15-11-7-5-4-6-8-11/h4-8H,2-3,9-10H2,1H3,(H,15,16). The van der Waals surface area contributed by atoms with Crippen LogP contribution in [0.25, 0.3) is 0 Å². The van der Waals surface area contributed by atoms with Gasteiger partial charge in [-0.3, -0.25) is 4.79 Å². The quantitative estimate of drug-likeness (QED) is 0.454. The zero-order valence-electron chi connectivity index (χ0n) is 11.7. The number of nitrogens with one attached hydrogen (secondary N) is 1. The average Bonchev–Trinajstić information content (AvgIpc) is 2.94. The minimum atomic E-state index is -0.207. The predicted octanol–water partition coefficient (Wildman–Crippen LogP) is 3.72. The van der Waals surface area contributed by atoms with Gasteiger partial charge in [-0.1, -0.05) is 54.6 Å². The summed E-state index contributed by atoms with van der Waals surface area (Å²) in [6.45, 7) is 2.55. The lowest BCUT2D eigenvalue weighted by Gasteiger charge is -2.01. The number of benzene rings is 1. The molecule has 0 aliphatic rings. The number of carbonyl (C=O) groups excluding carboxylic acids is 1. The van der Waals surface area contributed by atoms with E-state index in [1.807, 2.05) is 30.3 Å². The van der Waals surface area contributed by atoms with E-state index < -0.39 is 0 Å². The monoisotopic (exact) mass is 323 g/mol. The van der Waals surface area contributed by atoms with Gasteiger partial charge in [0.25, 0.3) is 0 Å². The highest BCUT2D eigenvalue weighted by atomic mass is 32.2. The highest BCUT2D eigenvalue weighted by molar-refractivity contribution is 8.01. The van der Waals surface area contributed by atoms with Gasteiger partial charge in [-0.15, -0.1) is 10.2 Å².